The number of benzene rings is 1. The fraction of sp³-hybridized carbons (Fsp3) is 0.625. The Morgan fingerprint density at radius 2 is 2.00 bits per heavy atom. The van der Waals surface area contributed by atoms with Crippen molar-refractivity contribution >= 4 is 0 Å². The van der Waals surface area contributed by atoms with Crippen LogP contribution in [0.2, 0.25) is 0 Å². The highest BCUT2D eigenvalue weighted by molar-refractivity contribution is 5.21. The van der Waals surface area contributed by atoms with E-state index in [1.165, 1.54) is 12.5 Å². The van der Waals surface area contributed by atoms with Crippen molar-refractivity contribution < 1.29 is 13.5 Å². The van der Waals surface area contributed by atoms with Gasteiger partial charge in [-0.1, -0.05) is 31.4 Å². The molecule has 3 nitrogen and oxygen atoms in total. The van der Waals surface area contributed by atoms with E-state index < -0.39 is 11.6 Å². The van der Waals surface area contributed by atoms with Gasteiger partial charge in [-0.05, 0) is 37.8 Å². The summed E-state index contributed by atoms with van der Waals surface area (Å²) >= 11 is 0. The van der Waals surface area contributed by atoms with Crippen LogP contribution in [0.25, 0.3) is 0 Å². The van der Waals surface area contributed by atoms with Crippen LogP contribution in [0, 0.1) is 11.6 Å². The molecule has 118 valence electrons. The van der Waals surface area contributed by atoms with E-state index in [0.717, 1.165) is 31.7 Å². The van der Waals surface area contributed by atoms with E-state index >= 15 is 0 Å². The second kappa shape index (κ2) is 7.29. The number of rotatable bonds is 6. The van der Waals surface area contributed by atoms with Crippen molar-refractivity contribution in [3.05, 3.63) is 35.4 Å². The van der Waals surface area contributed by atoms with E-state index in [0.29, 0.717) is 18.6 Å². The molecule has 0 spiro atoms. The Bertz CT molecular complexity index is 456. The van der Waals surface area contributed by atoms with Crippen molar-refractivity contribution in [1.29, 1.82) is 0 Å². The molecule has 5 heteroatoms. The third-order valence-electron chi connectivity index (χ3n) is 4.42. The van der Waals surface area contributed by atoms with Crippen molar-refractivity contribution in [3.63, 3.8) is 0 Å². The summed E-state index contributed by atoms with van der Waals surface area (Å²) in [6, 6.07) is 4.03. The lowest BCUT2D eigenvalue weighted by molar-refractivity contribution is -0.0899. The average molecular weight is 298 g/mol. The van der Waals surface area contributed by atoms with Crippen LogP contribution >= 0.6 is 0 Å². The van der Waals surface area contributed by atoms with Crippen LogP contribution in [-0.4, -0.2) is 18.2 Å². The van der Waals surface area contributed by atoms with Gasteiger partial charge >= 0.3 is 0 Å². The summed E-state index contributed by atoms with van der Waals surface area (Å²) in [6.45, 7) is 2.54. The average Bonchev–Trinajstić information content (AvgIpc) is 2.50. The number of ether oxygens (including phenoxy) is 1. The first-order chi connectivity index (χ1) is 10.1. The fourth-order valence-corrected chi connectivity index (χ4v) is 3.35. The minimum absolute atomic E-state index is 0.228. The Morgan fingerprint density at radius 3 is 2.62 bits per heavy atom. The minimum atomic E-state index is -0.822. The quantitative estimate of drug-likeness (QED) is 0.627. The maximum atomic E-state index is 13.9. The smallest absolute Gasteiger partial charge is 0.162 e. The highest BCUT2D eigenvalue weighted by atomic mass is 19.2. The molecule has 1 aliphatic rings. The summed E-state index contributed by atoms with van der Waals surface area (Å²) in [6.07, 6.45) is 5.44. The maximum absolute atomic E-state index is 13.9. The lowest BCUT2D eigenvalue weighted by atomic mass is 9.77. The van der Waals surface area contributed by atoms with Gasteiger partial charge in [0.05, 0.1) is 11.6 Å². The second-order valence-electron chi connectivity index (χ2n) is 5.69. The first-order valence-corrected chi connectivity index (χ1v) is 7.66. The minimum Gasteiger partial charge on any atom is -0.374 e. The van der Waals surface area contributed by atoms with Gasteiger partial charge in [-0.25, -0.2) is 8.78 Å². The Labute approximate surface area is 124 Å². The van der Waals surface area contributed by atoms with Crippen molar-refractivity contribution in [2.75, 3.05) is 6.61 Å². The maximum Gasteiger partial charge on any atom is 0.162 e. The Hall–Kier alpha value is -1.04. The van der Waals surface area contributed by atoms with Gasteiger partial charge in [-0.3, -0.25) is 11.3 Å². The molecule has 0 heterocycles. The summed E-state index contributed by atoms with van der Waals surface area (Å²) in [7, 11) is 0. The molecule has 21 heavy (non-hydrogen) atoms. The van der Waals surface area contributed by atoms with Crippen LogP contribution in [0.4, 0.5) is 8.78 Å². The van der Waals surface area contributed by atoms with E-state index in [1.54, 1.807) is 6.07 Å². The molecule has 2 rings (SSSR count). The third-order valence-corrected chi connectivity index (χ3v) is 4.42. The number of hydrogen-bond acceptors (Lipinski definition) is 3. The molecule has 1 unspecified atom stereocenters. The topological polar surface area (TPSA) is 47.3 Å². The Morgan fingerprint density at radius 1 is 1.29 bits per heavy atom. The van der Waals surface area contributed by atoms with Crippen LogP contribution in [0.5, 0.6) is 0 Å². The summed E-state index contributed by atoms with van der Waals surface area (Å²) < 4.78 is 33.3. The second-order valence-corrected chi connectivity index (χ2v) is 5.69. The lowest BCUT2D eigenvalue weighted by Crippen LogP contribution is -2.57. The molecule has 1 aromatic rings. The summed E-state index contributed by atoms with van der Waals surface area (Å²) in [5, 5.41) is 0. The number of hydrogen-bond donors (Lipinski definition) is 2. The van der Waals surface area contributed by atoms with E-state index in [9.17, 15) is 8.78 Å². The van der Waals surface area contributed by atoms with E-state index in [4.69, 9.17) is 10.6 Å². The van der Waals surface area contributed by atoms with Crippen molar-refractivity contribution in [2.45, 2.75) is 57.1 Å². The zero-order chi connectivity index (χ0) is 15.3. The number of nitrogens with one attached hydrogen (secondary N) is 1. The highest BCUT2D eigenvalue weighted by Gasteiger charge is 2.40. The molecule has 0 aliphatic heterocycles. The van der Waals surface area contributed by atoms with Crippen LogP contribution < -0.4 is 11.3 Å². The molecule has 3 N–H and O–H groups in total. The van der Waals surface area contributed by atoms with Gasteiger partial charge in [0.15, 0.2) is 11.6 Å². The van der Waals surface area contributed by atoms with Gasteiger partial charge in [-0.15, -0.1) is 0 Å². The Balaban J connectivity index is 2.22. The standard InChI is InChI=1S/C16H24F2N2O/c1-2-21-16(9-4-3-5-10-16)14(20-19)11-12-7-6-8-13(17)15(12)18/h6-8,14,20H,2-5,9-11,19H2,1H3. The summed E-state index contributed by atoms with van der Waals surface area (Å²) in [5.74, 6) is 4.10. The number of halogens is 2. The number of hydrazine groups is 1. The molecule has 1 atom stereocenters. The monoisotopic (exact) mass is 298 g/mol. The molecule has 1 fully saturated rings. The first kappa shape index (κ1) is 16.3. The van der Waals surface area contributed by atoms with Crippen LogP contribution in [0.1, 0.15) is 44.6 Å². The van der Waals surface area contributed by atoms with E-state index in [2.05, 4.69) is 5.43 Å². The SMILES string of the molecule is CCOC1(C(Cc2cccc(F)c2F)NN)CCCCC1. The van der Waals surface area contributed by atoms with Crippen molar-refractivity contribution in [2.24, 2.45) is 5.84 Å². The summed E-state index contributed by atoms with van der Waals surface area (Å²) in [5.41, 5.74) is 2.73. The molecular weight excluding hydrogens is 274 g/mol. The van der Waals surface area contributed by atoms with Gasteiger partial charge in [-0.2, -0.15) is 0 Å². The van der Waals surface area contributed by atoms with Gasteiger partial charge < -0.3 is 4.74 Å². The van der Waals surface area contributed by atoms with Gasteiger partial charge in [0.25, 0.3) is 0 Å². The molecule has 0 radical (unpaired) electrons. The summed E-state index contributed by atoms with van der Waals surface area (Å²) in [4.78, 5) is 0. The first-order valence-electron chi connectivity index (χ1n) is 7.66. The Kier molecular flexibility index (Phi) is 5.67. The van der Waals surface area contributed by atoms with E-state index in [-0.39, 0.29) is 11.6 Å². The largest absolute Gasteiger partial charge is 0.374 e. The lowest BCUT2D eigenvalue weighted by Gasteiger charge is -2.43. The fourth-order valence-electron chi connectivity index (χ4n) is 3.35. The van der Waals surface area contributed by atoms with Crippen molar-refractivity contribution in [3.8, 4) is 0 Å². The number of nitrogens with two attached hydrogens (primary N) is 1. The third kappa shape index (κ3) is 3.59. The van der Waals surface area contributed by atoms with Crippen LogP contribution in [0.3, 0.4) is 0 Å². The molecule has 1 aliphatic carbocycles. The normalized spacial score (nSPS) is 19.4. The van der Waals surface area contributed by atoms with Gasteiger partial charge in [0.1, 0.15) is 0 Å². The molecular formula is C16H24F2N2O. The molecule has 0 bridgehead atoms. The molecule has 0 saturated heterocycles. The molecule has 1 aromatic carbocycles. The molecule has 0 aromatic heterocycles. The van der Waals surface area contributed by atoms with Crippen molar-refractivity contribution in [1.82, 2.24) is 5.43 Å². The zero-order valence-corrected chi connectivity index (χ0v) is 12.5. The van der Waals surface area contributed by atoms with Crippen LogP contribution in [0.15, 0.2) is 18.2 Å². The predicted molar refractivity (Wildman–Crippen MR) is 78.6 cm³/mol. The van der Waals surface area contributed by atoms with Gasteiger partial charge in [0.2, 0.25) is 0 Å². The molecule has 1 saturated carbocycles. The predicted octanol–water partition coefficient (Wildman–Crippen LogP) is 3.08. The molecule has 0 amide bonds. The van der Waals surface area contributed by atoms with Gasteiger partial charge in [0, 0.05) is 6.61 Å². The zero-order valence-electron chi connectivity index (χ0n) is 12.5. The van der Waals surface area contributed by atoms with E-state index in [1.807, 2.05) is 6.92 Å². The van der Waals surface area contributed by atoms with Crippen LogP contribution in [-0.2, 0) is 11.2 Å². The highest BCUT2D eigenvalue weighted by Crippen LogP contribution is 2.36.